The van der Waals surface area contributed by atoms with Crippen molar-refractivity contribution in [1.82, 2.24) is 20.3 Å². The van der Waals surface area contributed by atoms with Crippen molar-refractivity contribution in [3.8, 4) is 17.3 Å². The number of anilines is 2. The van der Waals surface area contributed by atoms with E-state index < -0.39 is 11.6 Å². The second-order valence-corrected chi connectivity index (χ2v) is 8.34. The number of fused-ring (bicyclic) bond motifs is 1. The average Bonchev–Trinajstić information content (AvgIpc) is 3.22. The molecule has 0 spiro atoms. The number of halogens is 2. The summed E-state index contributed by atoms with van der Waals surface area (Å²) in [5.41, 5.74) is 1.37. The highest BCUT2D eigenvalue weighted by Gasteiger charge is 2.20. The Morgan fingerprint density at radius 3 is 2.51 bits per heavy atom. The van der Waals surface area contributed by atoms with Crippen molar-refractivity contribution >= 4 is 28.3 Å². The Bertz CT molecular complexity index is 1350. The summed E-state index contributed by atoms with van der Waals surface area (Å²) in [5, 5.41) is 16.6. The van der Waals surface area contributed by atoms with E-state index in [-0.39, 0.29) is 46.8 Å². The molecule has 8 nitrogen and oxygen atoms in total. The first kappa shape index (κ1) is 22.7. The number of carbonyl (C=O) groups is 1. The van der Waals surface area contributed by atoms with Gasteiger partial charge in [-0.2, -0.15) is 0 Å². The third-order valence-electron chi connectivity index (χ3n) is 5.87. The molecule has 4 N–H and O–H groups in total. The number of carbonyl (C=O) groups excluding carboxylic acids is 1. The Labute approximate surface area is 199 Å². The Morgan fingerprint density at radius 1 is 1.09 bits per heavy atom. The maximum absolute atomic E-state index is 14.4. The second-order valence-electron chi connectivity index (χ2n) is 8.34. The van der Waals surface area contributed by atoms with Crippen LogP contribution in [-0.2, 0) is 16.0 Å². The van der Waals surface area contributed by atoms with Gasteiger partial charge in [-0.3, -0.25) is 4.79 Å². The van der Waals surface area contributed by atoms with E-state index in [1.165, 1.54) is 12.3 Å². The molecular weight excluding hydrogens is 456 g/mol. The van der Waals surface area contributed by atoms with Gasteiger partial charge in [0.1, 0.15) is 22.8 Å². The van der Waals surface area contributed by atoms with Gasteiger partial charge in [0.05, 0.1) is 17.5 Å². The minimum atomic E-state index is -0.793. The number of aromatic amines is 1. The molecule has 1 fully saturated rings. The lowest BCUT2D eigenvalue weighted by atomic mass is 10.1. The van der Waals surface area contributed by atoms with Crippen LogP contribution in [0.2, 0.25) is 0 Å². The fourth-order valence-corrected chi connectivity index (χ4v) is 4.09. The Hall–Kier alpha value is -4.05. The summed E-state index contributed by atoms with van der Waals surface area (Å²) in [6, 6.07) is 10.8. The molecule has 3 heterocycles. The molecule has 5 rings (SSSR count). The maximum Gasteiger partial charge on any atom is 0.224 e. The second kappa shape index (κ2) is 9.67. The van der Waals surface area contributed by atoms with Crippen molar-refractivity contribution < 1.29 is 23.4 Å². The normalized spacial score (nSPS) is 14.2. The zero-order chi connectivity index (χ0) is 24.4. The lowest BCUT2D eigenvalue weighted by molar-refractivity contribution is -0.121. The summed E-state index contributed by atoms with van der Waals surface area (Å²) in [6.07, 6.45) is 3.30. The third kappa shape index (κ3) is 4.92. The molecule has 180 valence electrons. The van der Waals surface area contributed by atoms with E-state index in [1.807, 2.05) is 0 Å². The molecule has 4 aromatic rings. The summed E-state index contributed by atoms with van der Waals surface area (Å²) >= 11 is 0. The molecule has 1 amide bonds. The van der Waals surface area contributed by atoms with E-state index in [4.69, 9.17) is 4.74 Å². The SMILES string of the molecule is O=C(Cc1ccc(Nc2nc(-c3c(F)cccc3F)nc3c[nH]c(O)c23)cc1)NC1CCOCC1. The minimum Gasteiger partial charge on any atom is -0.494 e. The number of aromatic nitrogens is 3. The van der Waals surface area contributed by atoms with Crippen molar-refractivity contribution in [2.24, 2.45) is 0 Å². The fourth-order valence-electron chi connectivity index (χ4n) is 4.09. The number of aromatic hydroxyl groups is 1. The van der Waals surface area contributed by atoms with Crippen LogP contribution in [0.15, 0.2) is 48.7 Å². The molecule has 0 radical (unpaired) electrons. The van der Waals surface area contributed by atoms with Crippen LogP contribution in [0.5, 0.6) is 5.88 Å². The standard InChI is InChI=1S/C25H23F2N5O3/c26-17-2-1-3-18(27)21(17)23-31-19-13-28-25(34)22(19)24(32-23)30-15-6-4-14(5-7-15)12-20(33)29-16-8-10-35-11-9-16/h1-7,13,16,28,34H,8-12H2,(H,29,33)(H,30,31,32). The number of hydrogen-bond donors (Lipinski definition) is 4. The highest BCUT2D eigenvalue weighted by Crippen LogP contribution is 2.34. The van der Waals surface area contributed by atoms with E-state index in [2.05, 4.69) is 25.6 Å². The monoisotopic (exact) mass is 479 g/mol. The van der Waals surface area contributed by atoms with Crippen LogP contribution in [0.25, 0.3) is 22.3 Å². The van der Waals surface area contributed by atoms with Gasteiger partial charge < -0.3 is 25.5 Å². The van der Waals surface area contributed by atoms with E-state index in [0.717, 1.165) is 30.5 Å². The maximum atomic E-state index is 14.4. The first-order chi connectivity index (χ1) is 17.0. The van der Waals surface area contributed by atoms with E-state index in [1.54, 1.807) is 24.3 Å². The molecule has 0 bridgehead atoms. The molecule has 35 heavy (non-hydrogen) atoms. The number of ether oxygens (including phenoxy) is 1. The topological polar surface area (TPSA) is 112 Å². The van der Waals surface area contributed by atoms with Crippen molar-refractivity contribution in [3.63, 3.8) is 0 Å². The summed E-state index contributed by atoms with van der Waals surface area (Å²) < 4.78 is 34.0. The molecule has 2 aromatic carbocycles. The van der Waals surface area contributed by atoms with E-state index in [0.29, 0.717) is 24.4 Å². The molecule has 0 atom stereocenters. The molecule has 1 saturated heterocycles. The van der Waals surface area contributed by atoms with Crippen LogP contribution in [-0.4, -0.2) is 45.2 Å². The number of H-pyrrole nitrogens is 1. The lowest BCUT2D eigenvalue weighted by Gasteiger charge is -2.23. The van der Waals surface area contributed by atoms with Gasteiger partial charge in [-0.15, -0.1) is 0 Å². The van der Waals surface area contributed by atoms with Gasteiger partial charge in [-0.05, 0) is 42.7 Å². The summed E-state index contributed by atoms with van der Waals surface area (Å²) in [6.45, 7) is 1.31. The summed E-state index contributed by atoms with van der Waals surface area (Å²) in [7, 11) is 0. The van der Waals surface area contributed by atoms with Gasteiger partial charge in [0, 0.05) is 31.1 Å². The van der Waals surface area contributed by atoms with Crippen molar-refractivity contribution in [1.29, 1.82) is 0 Å². The van der Waals surface area contributed by atoms with Gasteiger partial charge in [0.15, 0.2) is 5.82 Å². The molecular formula is C25H23F2N5O3. The first-order valence-electron chi connectivity index (χ1n) is 11.2. The quantitative estimate of drug-likeness (QED) is 0.330. The summed E-state index contributed by atoms with van der Waals surface area (Å²) in [5.74, 6) is -1.79. The van der Waals surface area contributed by atoms with Gasteiger partial charge in [0.25, 0.3) is 0 Å². The number of benzene rings is 2. The van der Waals surface area contributed by atoms with Gasteiger partial charge in [-0.25, -0.2) is 18.7 Å². The van der Waals surface area contributed by atoms with Crippen LogP contribution in [0.4, 0.5) is 20.3 Å². The van der Waals surface area contributed by atoms with E-state index in [9.17, 15) is 18.7 Å². The van der Waals surface area contributed by atoms with Crippen LogP contribution in [0.3, 0.4) is 0 Å². The van der Waals surface area contributed by atoms with E-state index >= 15 is 0 Å². The average molecular weight is 479 g/mol. The molecule has 1 aliphatic heterocycles. The number of rotatable bonds is 6. The van der Waals surface area contributed by atoms with Gasteiger partial charge in [0.2, 0.25) is 11.8 Å². The highest BCUT2D eigenvalue weighted by molar-refractivity contribution is 5.96. The van der Waals surface area contributed by atoms with Crippen LogP contribution in [0, 0.1) is 11.6 Å². The fraction of sp³-hybridized carbons (Fsp3) is 0.240. The zero-order valence-corrected chi connectivity index (χ0v) is 18.6. The van der Waals surface area contributed by atoms with Gasteiger partial charge >= 0.3 is 0 Å². The third-order valence-corrected chi connectivity index (χ3v) is 5.87. The van der Waals surface area contributed by atoms with Crippen molar-refractivity contribution in [2.75, 3.05) is 18.5 Å². The number of nitrogens with one attached hydrogen (secondary N) is 3. The largest absolute Gasteiger partial charge is 0.494 e. The predicted molar refractivity (Wildman–Crippen MR) is 126 cm³/mol. The zero-order valence-electron chi connectivity index (χ0n) is 18.6. The smallest absolute Gasteiger partial charge is 0.224 e. The number of amides is 1. The van der Waals surface area contributed by atoms with Crippen molar-refractivity contribution in [3.05, 3.63) is 65.9 Å². The molecule has 10 heteroatoms. The Kier molecular flexibility index (Phi) is 6.28. The van der Waals surface area contributed by atoms with Crippen LogP contribution < -0.4 is 10.6 Å². The van der Waals surface area contributed by atoms with Gasteiger partial charge in [-0.1, -0.05) is 18.2 Å². The highest BCUT2D eigenvalue weighted by atomic mass is 19.1. The molecule has 0 unspecified atom stereocenters. The number of nitrogens with zero attached hydrogens (tertiary/aromatic N) is 2. The van der Waals surface area contributed by atoms with Crippen LogP contribution >= 0.6 is 0 Å². The molecule has 0 saturated carbocycles. The molecule has 0 aliphatic carbocycles. The lowest BCUT2D eigenvalue weighted by Crippen LogP contribution is -2.39. The van der Waals surface area contributed by atoms with Crippen LogP contribution in [0.1, 0.15) is 18.4 Å². The molecule has 2 aromatic heterocycles. The Balaban J connectivity index is 1.37. The minimum absolute atomic E-state index is 0.0519. The molecule has 1 aliphatic rings. The summed E-state index contributed by atoms with van der Waals surface area (Å²) in [4.78, 5) is 23.5. The predicted octanol–water partition coefficient (Wildman–Crippen LogP) is 4.19. The Morgan fingerprint density at radius 2 is 1.80 bits per heavy atom. The first-order valence-corrected chi connectivity index (χ1v) is 11.2. The number of hydrogen-bond acceptors (Lipinski definition) is 6. The van der Waals surface area contributed by atoms with Crippen molar-refractivity contribution in [2.45, 2.75) is 25.3 Å².